The number of fused-ring (bicyclic) bond motifs is 1. The predicted octanol–water partition coefficient (Wildman–Crippen LogP) is 2.77. The van der Waals surface area contributed by atoms with Crippen molar-refractivity contribution >= 4 is 16.7 Å². The van der Waals surface area contributed by atoms with E-state index in [4.69, 9.17) is 5.73 Å². The Hall–Kier alpha value is -2.23. The Morgan fingerprint density at radius 3 is 2.72 bits per heavy atom. The van der Waals surface area contributed by atoms with Gasteiger partial charge in [-0.25, -0.2) is 0 Å². The molecular formula is C14H16N4. The fraction of sp³-hybridized carbons (Fsp3) is 0.214. The van der Waals surface area contributed by atoms with Gasteiger partial charge in [-0.05, 0) is 25.0 Å². The fourth-order valence-electron chi connectivity index (χ4n) is 2.49. The van der Waals surface area contributed by atoms with Crippen molar-refractivity contribution in [1.82, 2.24) is 14.8 Å². The van der Waals surface area contributed by atoms with E-state index in [1.807, 2.05) is 6.07 Å². The van der Waals surface area contributed by atoms with E-state index >= 15 is 0 Å². The second kappa shape index (κ2) is 3.63. The van der Waals surface area contributed by atoms with Crippen molar-refractivity contribution in [3.63, 3.8) is 0 Å². The molecule has 0 unspecified atom stereocenters. The van der Waals surface area contributed by atoms with Crippen LogP contribution in [0.25, 0.3) is 22.2 Å². The van der Waals surface area contributed by atoms with Crippen LogP contribution in [0.3, 0.4) is 0 Å². The number of aromatic amines is 1. The van der Waals surface area contributed by atoms with Gasteiger partial charge in [-0.2, -0.15) is 5.10 Å². The number of hydrogen-bond acceptors (Lipinski definition) is 2. The van der Waals surface area contributed by atoms with Crippen LogP contribution < -0.4 is 5.73 Å². The summed E-state index contributed by atoms with van der Waals surface area (Å²) in [6.07, 6.45) is 2.12. The van der Waals surface area contributed by atoms with Gasteiger partial charge in [-0.1, -0.05) is 12.1 Å². The predicted molar refractivity (Wildman–Crippen MR) is 74.4 cm³/mol. The molecule has 0 amide bonds. The number of H-pyrrole nitrogens is 1. The number of rotatable bonds is 1. The summed E-state index contributed by atoms with van der Waals surface area (Å²) in [7, 11) is 2.07. The molecule has 4 heteroatoms. The molecule has 1 aromatic carbocycles. The molecule has 0 aliphatic rings. The fourth-order valence-corrected chi connectivity index (χ4v) is 2.49. The summed E-state index contributed by atoms with van der Waals surface area (Å²) in [6, 6.07) is 6.18. The highest BCUT2D eigenvalue weighted by atomic mass is 15.2. The van der Waals surface area contributed by atoms with Crippen molar-refractivity contribution in [3.05, 3.63) is 35.5 Å². The standard InChI is InChI=1S/C14H16N4/c1-8-4-5-10-11(12-6-13(15)17-16-12)7-18(3)14(10)9(8)2/h4-7H,1-3H3,(H3,15,16,17). The molecule has 0 aliphatic heterocycles. The molecule has 0 fully saturated rings. The highest BCUT2D eigenvalue weighted by Crippen LogP contribution is 2.32. The maximum atomic E-state index is 5.67. The number of nitrogens with zero attached hydrogens (tertiary/aromatic N) is 2. The maximum Gasteiger partial charge on any atom is 0.145 e. The third kappa shape index (κ3) is 1.42. The number of hydrogen-bond donors (Lipinski definition) is 2. The third-order valence-corrected chi connectivity index (χ3v) is 3.56. The van der Waals surface area contributed by atoms with Gasteiger partial charge >= 0.3 is 0 Å². The lowest BCUT2D eigenvalue weighted by molar-refractivity contribution is 0.962. The molecule has 92 valence electrons. The Morgan fingerprint density at radius 2 is 2.06 bits per heavy atom. The molecule has 3 N–H and O–H groups in total. The van der Waals surface area contributed by atoms with Crippen molar-refractivity contribution in [3.8, 4) is 11.3 Å². The van der Waals surface area contributed by atoms with Crippen LogP contribution in [0.4, 0.5) is 5.82 Å². The third-order valence-electron chi connectivity index (χ3n) is 3.56. The Bertz CT molecular complexity index is 734. The first-order chi connectivity index (χ1) is 8.58. The molecule has 18 heavy (non-hydrogen) atoms. The Morgan fingerprint density at radius 1 is 1.28 bits per heavy atom. The van der Waals surface area contributed by atoms with Crippen molar-refractivity contribution in [2.45, 2.75) is 13.8 Å². The number of aryl methyl sites for hydroxylation is 3. The molecule has 0 bridgehead atoms. The van der Waals surface area contributed by atoms with E-state index in [0.717, 1.165) is 11.3 Å². The van der Waals surface area contributed by atoms with Gasteiger partial charge in [0.1, 0.15) is 5.82 Å². The Labute approximate surface area is 105 Å². The van der Waals surface area contributed by atoms with E-state index in [0.29, 0.717) is 5.82 Å². The molecule has 0 saturated carbocycles. The minimum Gasteiger partial charge on any atom is -0.382 e. The lowest BCUT2D eigenvalue weighted by Gasteiger charge is -2.04. The molecule has 2 aromatic heterocycles. The maximum absolute atomic E-state index is 5.67. The van der Waals surface area contributed by atoms with Gasteiger partial charge in [0.05, 0.1) is 11.2 Å². The smallest absolute Gasteiger partial charge is 0.145 e. The van der Waals surface area contributed by atoms with Gasteiger partial charge < -0.3 is 10.3 Å². The molecular weight excluding hydrogens is 224 g/mol. The lowest BCUT2D eigenvalue weighted by atomic mass is 10.0. The Balaban J connectivity index is 2.36. The zero-order valence-corrected chi connectivity index (χ0v) is 10.8. The van der Waals surface area contributed by atoms with Gasteiger partial charge in [0.25, 0.3) is 0 Å². The average molecular weight is 240 g/mol. The van der Waals surface area contributed by atoms with Crippen LogP contribution in [0.1, 0.15) is 11.1 Å². The molecule has 0 saturated heterocycles. The summed E-state index contributed by atoms with van der Waals surface area (Å²) in [5, 5.41) is 8.19. The zero-order chi connectivity index (χ0) is 12.9. The van der Waals surface area contributed by atoms with Crippen LogP contribution in [0.2, 0.25) is 0 Å². The van der Waals surface area contributed by atoms with E-state index in [2.05, 4.69) is 54.0 Å². The SMILES string of the molecule is Cc1ccc2c(-c3cc(N)n[nH]3)cn(C)c2c1C. The number of aromatic nitrogens is 3. The number of nitrogens with one attached hydrogen (secondary N) is 1. The number of anilines is 1. The normalized spacial score (nSPS) is 11.3. The Kier molecular flexibility index (Phi) is 2.20. The van der Waals surface area contributed by atoms with Crippen LogP contribution in [-0.2, 0) is 7.05 Å². The summed E-state index contributed by atoms with van der Waals surface area (Å²) < 4.78 is 2.16. The molecule has 0 radical (unpaired) electrons. The van der Waals surface area contributed by atoms with Crippen LogP contribution in [0.15, 0.2) is 24.4 Å². The van der Waals surface area contributed by atoms with Gasteiger partial charge in [0.15, 0.2) is 0 Å². The summed E-state index contributed by atoms with van der Waals surface area (Å²) in [4.78, 5) is 0. The highest BCUT2D eigenvalue weighted by Gasteiger charge is 2.12. The molecule has 3 aromatic rings. The van der Waals surface area contributed by atoms with Crippen LogP contribution in [0.5, 0.6) is 0 Å². The number of nitrogen functional groups attached to an aromatic ring is 1. The highest BCUT2D eigenvalue weighted by molar-refractivity contribution is 5.97. The summed E-state index contributed by atoms with van der Waals surface area (Å²) in [5.41, 5.74) is 11.7. The minimum absolute atomic E-state index is 0.519. The quantitative estimate of drug-likeness (QED) is 0.687. The summed E-state index contributed by atoms with van der Waals surface area (Å²) in [6.45, 7) is 4.29. The molecule has 0 atom stereocenters. The molecule has 3 rings (SSSR count). The van der Waals surface area contributed by atoms with Gasteiger partial charge in [-0.3, -0.25) is 5.10 Å². The summed E-state index contributed by atoms with van der Waals surface area (Å²) >= 11 is 0. The van der Waals surface area contributed by atoms with E-state index < -0.39 is 0 Å². The largest absolute Gasteiger partial charge is 0.382 e. The monoisotopic (exact) mass is 240 g/mol. The topological polar surface area (TPSA) is 59.6 Å². The second-order valence-corrected chi connectivity index (χ2v) is 4.76. The first-order valence-electron chi connectivity index (χ1n) is 5.94. The van der Waals surface area contributed by atoms with Crippen LogP contribution >= 0.6 is 0 Å². The van der Waals surface area contributed by atoms with Gasteiger partial charge in [0, 0.05) is 30.3 Å². The molecule has 4 nitrogen and oxygen atoms in total. The lowest BCUT2D eigenvalue weighted by Crippen LogP contribution is -1.89. The molecule has 0 spiro atoms. The van der Waals surface area contributed by atoms with E-state index in [9.17, 15) is 0 Å². The van der Waals surface area contributed by atoms with E-state index in [1.54, 1.807) is 0 Å². The minimum atomic E-state index is 0.519. The van der Waals surface area contributed by atoms with Gasteiger partial charge in [0.2, 0.25) is 0 Å². The van der Waals surface area contributed by atoms with Gasteiger partial charge in [-0.15, -0.1) is 0 Å². The summed E-state index contributed by atoms with van der Waals surface area (Å²) in [5.74, 6) is 0.519. The van der Waals surface area contributed by atoms with Crippen molar-refractivity contribution in [2.24, 2.45) is 7.05 Å². The first-order valence-corrected chi connectivity index (χ1v) is 5.94. The number of nitrogens with two attached hydrogens (primary N) is 1. The van der Waals surface area contributed by atoms with Crippen molar-refractivity contribution in [2.75, 3.05) is 5.73 Å². The number of benzene rings is 1. The zero-order valence-electron chi connectivity index (χ0n) is 10.8. The van der Waals surface area contributed by atoms with Crippen molar-refractivity contribution < 1.29 is 0 Å². The van der Waals surface area contributed by atoms with Crippen LogP contribution in [0, 0.1) is 13.8 Å². The van der Waals surface area contributed by atoms with E-state index in [-0.39, 0.29) is 0 Å². The average Bonchev–Trinajstić information content (AvgIpc) is 2.88. The molecule has 0 aliphatic carbocycles. The second-order valence-electron chi connectivity index (χ2n) is 4.76. The van der Waals surface area contributed by atoms with E-state index in [1.165, 1.54) is 22.0 Å². The first kappa shape index (κ1) is 10.9. The van der Waals surface area contributed by atoms with Crippen molar-refractivity contribution in [1.29, 1.82) is 0 Å². The molecule has 2 heterocycles. The van der Waals surface area contributed by atoms with Crippen LogP contribution in [-0.4, -0.2) is 14.8 Å².